The van der Waals surface area contributed by atoms with Crippen molar-refractivity contribution >= 4 is 34.5 Å². The van der Waals surface area contributed by atoms with Gasteiger partial charge < -0.3 is 14.6 Å². The van der Waals surface area contributed by atoms with Gasteiger partial charge >= 0.3 is 11.9 Å². The molecule has 150 valence electrons. The summed E-state index contributed by atoms with van der Waals surface area (Å²) in [7, 11) is 2.56. The van der Waals surface area contributed by atoms with Crippen molar-refractivity contribution in [2.75, 3.05) is 14.2 Å². The molecule has 29 heavy (non-hydrogen) atoms. The van der Waals surface area contributed by atoms with E-state index in [1.165, 1.54) is 32.7 Å². The number of halogens is 2. The van der Waals surface area contributed by atoms with Crippen molar-refractivity contribution in [3.8, 4) is 17.3 Å². The number of nitrogens with zero attached hydrogens (tertiary/aromatic N) is 4. The summed E-state index contributed by atoms with van der Waals surface area (Å²) in [6, 6.07) is 4.74. The third kappa shape index (κ3) is 5.40. The summed E-state index contributed by atoms with van der Waals surface area (Å²) in [6.45, 7) is 0. The molecule has 0 aromatic carbocycles. The second kappa shape index (κ2) is 10.4. The Morgan fingerprint density at radius 3 is 2.21 bits per heavy atom. The lowest BCUT2D eigenvalue weighted by Gasteiger charge is -2.07. The Bertz CT molecular complexity index is 1000. The van der Waals surface area contributed by atoms with Crippen molar-refractivity contribution < 1.29 is 28.6 Å². The Hall–Kier alpha value is -3.22. The predicted molar refractivity (Wildman–Crippen MR) is 107 cm³/mol. The molecule has 0 atom stereocenters. The quantitative estimate of drug-likeness (QED) is 0.319. The highest BCUT2D eigenvalue weighted by atomic mass is 127. The molecule has 0 spiro atoms. The number of carbonyl (C=O) groups excluding carboxylic acids is 1. The van der Waals surface area contributed by atoms with E-state index in [0.29, 0.717) is 15.0 Å². The van der Waals surface area contributed by atoms with Crippen LogP contribution >= 0.6 is 22.6 Å². The van der Waals surface area contributed by atoms with Gasteiger partial charge in [-0.15, -0.1) is 0 Å². The summed E-state index contributed by atoms with van der Waals surface area (Å²) in [4.78, 5) is 37.3. The molecular formula is C18H14FIN4O5. The first-order valence-electron chi connectivity index (χ1n) is 7.82. The summed E-state index contributed by atoms with van der Waals surface area (Å²) in [5, 5.41) is 9.16. The molecule has 3 aromatic rings. The standard InChI is InChI=1S/C11H9N3O3.C7H5FINO2/c1-17-10-8(11(15)16)7(3-6-14-10)9-12-4-2-5-13-9;1-12-7(11)5-4(9)2-3-10-6(5)8/h2-6H,1H3,(H,15,16);2-3H,1H3. The van der Waals surface area contributed by atoms with E-state index in [1.54, 1.807) is 24.5 Å². The molecule has 0 radical (unpaired) electrons. The number of carbonyl (C=O) groups is 2. The minimum atomic E-state index is -1.13. The van der Waals surface area contributed by atoms with Crippen molar-refractivity contribution in [1.29, 1.82) is 0 Å². The van der Waals surface area contributed by atoms with Crippen molar-refractivity contribution in [2.45, 2.75) is 0 Å². The Balaban J connectivity index is 0.000000221. The second-order valence-corrected chi connectivity index (χ2v) is 6.23. The van der Waals surface area contributed by atoms with Crippen LogP contribution in [0.1, 0.15) is 20.7 Å². The molecule has 0 aliphatic carbocycles. The molecule has 1 N–H and O–H groups in total. The summed E-state index contributed by atoms with van der Waals surface area (Å²) in [6.07, 6.45) is 5.84. The highest BCUT2D eigenvalue weighted by Crippen LogP contribution is 2.26. The molecule has 9 nitrogen and oxygen atoms in total. The van der Waals surface area contributed by atoms with Crippen LogP contribution in [-0.2, 0) is 4.74 Å². The van der Waals surface area contributed by atoms with Gasteiger partial charge in [0.1, 0.15) is 11.1 Å². The fourth-order valence-electron chi connectivity index (χ4n) is 2.13. The summed E-state index contributed by atoms with van der Waals surface area (Å²) < 4.78 is 22.7. The average molecular weight is 512 g/mol. The van der Waals surface area contributed by atoms with Crippen LogP contribution < -0.4 is 4.74 Å². The molecule has 0 unspecified atom stereocenters. The van der Waals surface area contributed by atoms with Gasteiger partial charge in [0.25, 0.3) is 0 Å². The number of methoxy groups -OCH3 is 2. The molecule has 0 fully saturated rings. The summed E-state index contributed by atoms with van der Waals surface area (Å²) in [5.74, 6) is -2.26. The van der Waals surface area contributed by atoms with E-state index in [9.17, 15) is 14.0 Å². The van der Waals surface area contributed by atoms with Gasteiger partial charge in [0, 0.05) is 33.9 Å². The third-order valence-corrected chi connectivity index (χ3v) is 4.27. The van der Waals surface area contributed by atoms with Crippen molar-refractivity contribution in [3.63, 3.8) is 0 Å². The predicted octanol–water partition coefficient (Wildman–Crippen LogP) is 2.86. The molecule has 0 bridgehead atoms. The Morgan fingerprint density at radius 1 is 1.00 bits per heavy atom. The molecule has 3 aromatic heterocycles. The summed E-state index contributed by atoms with van der Waals surface area (Å²) in [5.41, 5.74) is 0.228. The van der Waals surface area contributed by atoms with E-state index in [0.717, 1.165) is 0 Å². The number of rotatable bonds is 4. The van der Waals surface area contributed by atoms with E-state index < -0.39 is 17.9 Å². The van der Waals surface area contributed by atoms with Gasteiger partial charge in [-0.1, -0.05) is 0 Å². The fourth-order valence-corrected chi connectivity index (χ4v) is 2.73. The zero-order valence-corrected chi connectivity index (χ0v) is 17.3. The van der Waals surface area contributed by atoms with Crippen LogP contribution in [0.5, 0.6) is 5.88 Å². The van der Waals surface area contributed by atoms with Crippen molar-refractivity contribution in [2.24, 2.45) is 0 Å². The maximum absolute atomic E-state index is 12.9. The van der Waals surface area contributed by atoms with E-state index in [1.807, 2.05) is 22.6 Å². The van der Waals surface area contributed by atoms with Gasteiger partial charge in [-0.3, -0.25) is 0 Å². The first kappa shape index (κ1) is 22.1. The molecule has 3 heterocycles. The minimum Gasteiger partial charge on any atom is -0.480 e. The maximum atomic E-state index is 12.9. The lowest BCUT2D eigenvalue weighted by atomic mass is 10.1. The van der Waals surface area contributed by atoms with Gasteiger partial charge in [-0.2, -0.15) is 4.39 Å². The first-order valence-corrected chi connectivity index (χ1v) is 8.90. The monoisotopic (exact) mass is 512 g/mol. The Kier molecular flexibility index (Phi) is 7.88. The van der Waals surface area contributed by atoms with Gasteiger partial charge in [0.2, 0.25) is 11.8 Å². The SMILES string of the molecule is COC(=O)c1c(I)ccnc1F.COc1nccc(-c2ncccn2)c1C(=O)O. The molecule has 0 amide bonds. The summed E-state index contributed by atoms with van der Waals surface area (Å²) >= 11 is 1.84. The van der Waals surface area contributed by atoms with E-state index >= 15 is 0 Å². The van der Waals surface area contributed by atoms with Crippen molar-refractivity contribution in [1.82, 2.24) is 19.9 Å². The Morgan fingerprint density at radius 2 is 1.66 bits per heavy atom. The number of ether oxygens (including phenoxy) is 2. The number of carboxylic acid groups (broad SMARTS) is 1. The molecule has 3 rings (SSSR count). The normalized spacial score (nSPS) is 9.79. The topological polar surface area (TPSA) is 124 Å². The van der Waals surface area contributed by atoms with Gasteiger partial charge in [-0.05, 0) is 40.8 Å². The molecule has 0 saturated carbocycles. The zero-order valence-electron chi connectivity index (χ0n) is 15.2. The number of esters is 1. The maximum Gasteiger partial charge on any atom is 0.343 e. The van der Waals surface area contributed by atoms with Crippen LogP contribution in [0, 0.1) is 9.52 Å². The number of aromatic nitrogens is 4. The lowest BCUT2D eigenvalue weighted by molar-refractivity contribution is 0.0592. The molecule has 0 aliphatic heterocycles. The highest BCUT2D eigenvalue weighted by Gasteiger charge is 2.20. The van der Waals surface area contributed by atoms with Crippen LogP contribution in [0.4, 0.5) is 4.39 Å². The first-order chi connectivity index (χ1) is 13.9. The van der Waals surface area contributed by atoms with Gasteiger partial charge in [-0.25, -0.2) is 29.5 Å². The van der Waals surface area contributed by atoms with E-state index in [2.05, 4.69) is 24.7 Å². The third-order valence-electron chi connectivity index (χ3n) is 3.37. The number of aromatic carboxylic acids is 1. The van der Waals surface area contributed by atoms with Gasteiger partial charge in [0.05, 0.1) is 14.2 Å². The molecular weight excluding hydrogens is 498 g/mol. The Labute approximate surface area is 178 Å². The molecule has 11 heteroatoms. The smallest absolute Gasteiger partial charge is 0.343 e. The number of carboxylic acids is 1. The number of hydrogen-bond acceptors (Lipinski definition) is 8. The molecule has 0 saturated heterocycles. The fraction of sp³-hybridized carbons (Fsp3) is 0.111. The van der Waals surface area contributed by atoms with Crippen molar-refractivity contribution in [3.05, 3.63) is 63.6 Å². The van der Waals surface area contributed by atoms with Crippen LogP contribution in [-0.4, -0.2) is 51.2 Å². The van der Waals surface area contributed by atoms with Crippen LogP contribution in [0.25, 0.3) is 11.4 Å². The van der Waals surface area contributed by atoms with Crippen LogP contribution in [0.3, 0.4) is 0 Å². The van der Waals surface area contributed by atoms with E-state index in [-0.39, 0.29) is 17.0 Å². The highest BCUT2D eigenvalue weighted by molar-refractivity contribution is 14.1. The minimum absolute atomic E-state index is 0.0406. The average Bonchev–Trinajstić information content (AvgIpc) is 2.73. The second-order valence-electron chi connectivity index (χ2n) is 5.07. The largest absolute Gasteiger partial charge is 0.480 e. The van der Waals surface area contributed by atoms with Gasteiger partial charge in [0.15, 0.2) is 5.82 Å². The molecule has 0 aliphatic rings. The van der Waals surface area contributed by atoms with E-state index in [4.69, 9.17) is 9.84 Å². The number of pyridine rings is 2. The zero-order chi connectivity index (χ0) is 21.4. The number of hydrogen-bond donors (Lipinski definition) is 1. The van der Waals surface area contributed by atoms with Crippen LogP contribution in [0.2, 0.25) is 0 Å². The lowest BCUT2D eigenvalue weighted by Crippen LogP contribution is -2.08. The van der Waals surface area contributed by atoms with Crippen LogP contribution in [0.15, 0.2) is 43.0 Å².